The maximum atomic E-state index is 9.40. The molecule has 4 heteroatoms. The number of aliphatic hydroxyl groups is 1. The summed E-state index contributed by atoms with van der Waals surface area (Å²) in [6, 6.07) is 1.77. The van der Waals surface area contributed by atoms with Crippen LogP contribution in [0.15, 0.2) is 23.6 Å². The van der Waals surface area contributed by atoms with Gasteiger partial charge in [0.15, 0.2) is 5.16 Å². The van der Waals surface area contributed by atoms with Crippen molar-refractivity contribution in [3.63, 3.8) is 0 Å². The average molecular weight is 184 g/mol. The van der Waals surface area contributed by atoms with Gasteiger partial charge in [-0.1, -0.05) is 11.8 Å². The van der Waals surface area contributed by atoms with Gasteiger partial charge in [-0.25, -0.2) is 9.97 Å². The zero-order valence-corrected chi connectivity index (χ0v) is 8.01. The van der Waals surface area contributed by atoms with Crippen molar-refractivity contribution in [1.82, 2.24) is 9.97 Å². The van der Waals surface area contributed by atoms with Crippen molar-refractivity contribution in [2.75, 3.05) is 5.75 Å². The predicted octanol–water partition coefficient (Wildman–Crippen LogP) is 1.34. The van der Waals surface area contributed by atoms with Gasteiger partial charge in [0.05, 0.1) is 5.60 Å². The first kappa shape index (κ1) is 9.48. The molecule has 0 atom stereocenters. The van der Waals surface area contributed by atoms with Crippen LogP contribution in [0.5, 0.6) is 0 Å². The van der Waals surface area contributed by atoms with Gasteiger partial charge in [0.25, 0.3) is 0 Å². The molecule has 0 amide bonds. The molecule has 0 aliphatic carbocycles. The number of hydrogen-bond acceptors (Lipinski definition) is 4. The second-order valence-electron chi connectivity index (χ2n) is 3.13. The molecule has 0 saturated carbocycles. The van der Waals surface area contributed by atoms with E-state index in [2.05, 4.69) is 9.97 Å². The predicted molar refractivity (Wildman–Crippen MR) is 49.1 cm³/mol. The molecular formula is C8H12N2OS. The molecule has 3 nitrogen and oxygen atoms in total. The van der Waals surface area contributed by atoms with Crippen LogP contribution in [0.1, 0.15) is 13.8 Å². The van der Waals surface area contributed by atoms with Crippen LogP contribution in [0.25, 0.3) is 0 Å². The summed E-state index contributed by atoms with van der Waals surface area (Å²) < 4.78 is 0. The Morgan fingerprint density at radius 1 is 1.42 bits per heavy atom. The SMILES string of the molecule is CC(C)(O)CSc1ncccn1. The van der Waals surface area contributed by atoms with Crippen LogP contribution in [0.3, 0.4) is 0 Å². The van der Waals surface area contributed by atoms with Gasteiger partial charge in [0.2, 0.25) is 0 Å². The fourth-order valence-corrected chi connectivity index (χ4v) is 1.35. The molecule has 1 aromatic heterocycles. The van der Waals surface area contributed by atoms with Crippen molar-refractivity contribution < 1.29 is 5.11 Å². The van der Waals surface area contributed by atoms with E-state index in [0.717, 1.165) is 0 Å². The lowest BCUT2D eigenvalue weighted by molar-refractivity contribution is 0.107. The van der Waals surface area contributed by atoms with E-state index < -0.39 is 5.60 Å². The molecular weight excluding hydrogens is 172 g/mol. The summed E-state index contributed by atoms with van der Waals surface area (Å²) in [5.74, 6) is 0.608. The van der Waals surface area contributed by atoms with Crippen molar-refractivity contribution in [3.05, 3.63) is 18.5 Å². The lowest BCUT2D eigenvalue weighted by atomic mass is 10.2. The second-order valence-corrected chi connectivity index (χ2v) is 4.07. The fraction of sp³-hybridized carbons (Fsp3) is 0.500. The molecule has 0 unspecified atom stereocenters. The average Bonchev–Trinajstić information content (AvgIpc) is 2.02. The maximum Gasteiger partial charge on any atom is 0.187 e. The molecule has 0 bridgehead atoms. The Kier molecular flexibility index (Phi) is 3.05. The largest absolute Gasteiger partial charge is 0.390 e. The van der Waals surface area contributed by atoms with Crippen molar-refractivity contribution >= 4 is 11.8 Å². The number of aromatic nitrogens is 2. The highest BCUT2D eigenvalue weighted by molar-refractivity contribution is 7.99. The zero-order valence-electron chi connectivity index (χ0n) is 7.19. The topological polar surface area (TPSA) is 46.0 Å². The minimum Gasteiger partial charge on any atom is -0.390 e. The van der Waals surface area contributed by atoms with E-state index in [1.165, 1.54) is 11.8 Å². The smallest absolute Gasteiger partial charge is 0.187 e. The Hall–Kier alpha value is -0.610. The molecule has 0 fully saturated rings. The fourth-order valence-electron chi connectivity index (χ4n) is 0.601. The molecule has 1 rings (SSSR count). The number of thioether (sulfide) groups is 1. The third-order valence-corrected chi connectivity index (χ3v) is 2.42. The second kappa shape index (κ2) is 3.87. The first-order valence-corrected chi connectivity index (χ1v) is 4.69. The summed E-state index contributed by atoms with van der Waals surface area (Å²) >= 11 is 1.46. The lowest BCUT2D eigenvalue weighted by Crippen LogP contribution is -2.21. The summed E-state index contributed by atoms with van der Waals surface area (Å²) in [4.78, 5) is 8.05. The van der Waals surface area contributed by atoms with E-state index in [1.807, 2.05) is 0 Å². The third kappa shape index (κ3) is 3.69. The molecule has 0 aliphatic heterocycles. The van der Waals surface area contributed by atoms with Crippen LogP contribution >= 0.6 is 11.8 Å². The molecule has 0 spiro atoms. The lowest BCUT2D eigenvalue weighted by Gasteiger charge is -2.14. The summed E-state index contributed by atoms with van der Waals surface area (Å²) in [7, 11) is 0. The van der Waals surface area contributed by atoms with E-state index >= 15 is 0 Å². The number of rotatable bonds is 3. The normalized spacial score (nSPS) is 11.6. The first-order valence-electron chi connectivity index (χ1n) is 3.70. The molecule has 1 heterocycles. The first-order chi connectivity index (χ1) is 5.58. The van der Waals surface area contributed by atoms with Gasteiger partial charge in [0.1, 0.15) is 0 Å². The van der Waals surface area contributed by atoms with Gasteiger partial charge in [-0.2, -0.15) is 0 Å². The van der Waals surface area contributed by atoms with Crippen LogP contribution in [0.2, 0.25) is 0 Å². The van der Waals surface area contributed by atoms with Crippen molar-refractivity contribution in [1.29, 1.82) is 0 Å². The monoisotopic (exact) mass is 184 g/mol. The Morgan fingerprint density at radius 3 is 2.50 bits per heavy atom. The highest BCUT2D eigenvalue weighted by Crippen LogP contribution is 2.17. The summed E-state index contributed by atoms with van der Waals surface area (Å²) in [6.07, 6.45) is 3.39. The Balaban J connectivity index is 2.44. The highest BCUT2D eigenvalue weighted by Gasteiger charge is 2.13. The quantitative estimate of drug-likeness (QED) is 0.569. The zero-order chi connectivity index (χ0) is 9.03. The standard InChI is InChI=1S/C8H12N2OS/c1-8(2,11)6-12-7-9-4-3-5-10-7/h3-5,11H,6H2,1-2H3. The molecule has 66 valence electrons. The van der Waals surface area contributed by atoms with E-state index in [9.17, 15) is 5.11 Å². The van der Waals surface area contributed by atoms with Crippen LogP contribution in [-0.2, 0) is 0 Å². The summed E-state index contributed by atoms with van der Waals surface area (Å²) in [6.45, 7) is 3.53. The van der Waals surface area contributed by atoms with Crippen molar-refractivity contribution in [2.24, 2.45) is 0 Å². The Morgan fingerprint density at radius 2 is 2.00 bits per heavy atom. The number of hydrogen-bond donors (Lipinski definition) is 1. The van der Waals surface area contributed by atoms with Crippen LogP contribution in [0, 0.1) is 0 Å². The molecule has 0 saturated heterocycles. The number of nitrogens with zero attached hydrogens (tertiary/aromatic N) is 2. The van der Waals surface area contributed by atoms with Gasteiger partial charge < -0.3 is 5.11 Å². The molecule has 1 aromatic rings. The molecule has 0 aliphatic rings. The van der Waals surface area contributed by atoms with Gasteiger partial charge in [-0.15, -0.1) is 0 Å². The Bertz CT molecular complexity index is 233. The van der Waals surface area contributed by atoms with Gasteiger partial charge in [-0.05, 0) is 19.9 Å². The molecule has 12 heavy (non-hydrogen) atoms. The van der Waals surface area contributed by atoms with Gasteiger partial charge >= 0.3 is 0 Å². The summed E-state index contributed by atoms with van der Waals surface area (Å²) in [5.41, 5.74) is -0.663. The van der Waals surface area contributed by atoms with Crippen LogP contribution < -0.4 is 0 Å². The minimum absolute atomic E-state index is 0.608. The van der Waals surface area contributed by atoms with E-state index in [-0.39, 0.29) is 0 Å². The molecule has 0 radical (unpaired) electrons. The van der Waals surface area contributed by atoms with Crippen molar-refractivity contribution in [2.45, 2.75) is 24.6 Å². The van der Waals surface area contributed by atoms with Gasteiger partial charge in [0, 0.05) is 18.1 Å². The molecule has 0 aromatic carbocycles. The van der Waals surface area contributed by atoms with E-state index in [4.69, 9.17) is 0 Å². The highest BCUT2D eigenvalue weighted by atomic mass is 32.2. The van der Waals surface area contributed by atoms with E-state index in [1.54, 1.807) is 32.3 Å². The third-order valence-electron chi connectivity index (χ3n) is 1.10. The van der Waals surface area contributed by atoms with Crippen molar-refractivity contribution in [3.8, 4) is 0 Å². The maximum absolute atomic E-state index is 9.40. The van der Waals surface area contributed by atoms with Crippen LogP contribution in [-0.4, -0.2) is 26.4 Å². The van der Waals surface area contributed by atoms with E-state index in [0.29, 0.717) is 10.9 Å². The minimum atomic E-state index is -0.663. The Labute approximate surface area is 76.2 Å². The van der Waals surface area contributed by atoms with Gasteiger partial charge in [-0.3, -0.25) is 0 Å². The van der Waals surface area contributed by atoms with Crippen LogP contribution in [0.4, 0.5) is 0 Å². The molecule has 1 N–H and O–H groups in total. The summed E-state index contributed by atoms with van der Waals surface area (Å²) in [5, 5.41) is 10.1.